The zero-order valence-corrected chi connectivity index (χ0v) is 9.93. The Hall–Kier alpha value is -1.60. The quantitative estimate of drug-likeness (QED) is 0.788. The van der Waals surface area contributed by atoms with Crippen molar-refractivity contribution >= 4 is 0 Å². The van der Waals surface area contributed by atoms with Crippen molar-refractivity contribution in [3.05, 3.63) is 71.3 Å². The van der Waals surface area contributed by atoms with Gasteiger partial charge in [0, 0.05) is 12.3 Å². The summed E-state index contributed by atoms with van der Waals surface area (Å²) in [4.78, 5) is 0. The van der Waals surface area contributed by atoms with Crippen LogP contribution in [-0.4, -0.2) is 5.11 Å². The zero-order valence-electron chi connectivity index (χ0n) is 9.93. The molecule has 1 heteroatoms. The minimum Gasteiger partial charge on any atom is -0.384 e. The van der Waals surface area contributed by atoms with Crippen molar-refractivity contribution in [2.24, 2.45) is 0 Å². The van der Waals surface area contributed by atoms with E-state index in [1.807, 2.05) is 42.5 Å². The van der Waals surface area contributed by atoms with Gasteiger partial charge in [0.15, 0.2) is 0 Å². The largest absolute Gasteiger partial charge is 0.384 e. The molecule has 0 radical (unpaired) electrons. The van der Waals surface area contributed by atoms with Crippen molar-refractivity contribution < 1.29 is 5.11 Å². The Kier molecular flexibility index (Phi) is 2.30. The standard InChI is InChI=1S/C16H16O/c1-12-15-10-6-5-7-13(15)11-16(12,17)14-8-3-2-4-9-14/h2-10,12,17H,11H2,1H3/t12-,16-/m0/s1. The number of fused-ring (bicyclic) bond motifs is 1. The number of benzene rings is 2. The Balaban J connectivity index is 2.09. The molecule has 2 aromatic rings. The van der Waals surface area contributed by atoms with E-state index in [1.54, 1.807) is 0 Å². The average Bonchev–Trinajstić information content (AvgIpc) is 2.65. The first-order chi connectivity index (χ1) is 8.22. The monoisotopic (exact) mass is 224 g/mol. The van der Waals surface area contributed by atoms with Gasteiger partial charge in [-0.05, 0) is 16.7 Å². The van der Waals surface area contributed by atoms with E-state index in [2.05, 4.69) is 19.1 Å². The Morgan fingerprint density at radius 2 is 1.65 bits per heavy atom. The number of rotatable bonds is 1. The molecule has 1 nitrogen and oxygen atoms in total. The van der Waals surface area contributed by atoms with Crippen LogP contribution >= 0.6 is 0 Å². The zero-order chi connectivity index (χ0) is 11.9. The first kappa shape index (κ1) is 10.5. The molecular weight excluding hydrogens is 208 g/mol. The van der Waals surface area contributed by atoms with Gasteiger partial charge in [-0.15, -0.1) is 0 Å². The minimum atomic E-state index is -0.745. The summed E-state index contributed by atoms with van der Waals surface area (Å²) in [7, 11) is 0. The third-order valence-corrected chi connectivity index (χ3v) is 3.97. The summed E-state index contributed by atoms with van der Waals surface area (Å²) in [6, 6.07) is 18.3. The van der Waals surface area contributed by atoms with Gasteiger partial charge in [-0.25, -0.2) is 0 Å². The van der Waals surface area contributed by atoms with Crippen molar-refractivity contribution in [1.29, 1.82) is 0 Å². The van der Waals surface area contributed by atoms with Gasteiger partial charge in [-0.1, -0.05) is 61.5 Å². The van der Waals surface area contributed by atoms with Crippen molar-refractivity contribution in [3.63, 3.8) is 0 Å². The van der Waals surface area contributed by atoms with Crippen molar-refractivity contribution in [2.45, 2.75) is 24.9 Å². The predicted molar refractivity (Wildman–Crippen MR) is 68.9 cm³/mol. The fraction of sp³-hybridized carbons (Fsp3) is 0.250. The molecule has 0 saturated carbocycles. The maximum atomic E-state index is 11.0. The van der Waals surface area contributed by atoms with Gasteiger partial charge in [-0.3, -0.25) is 0 Å². The molecule has 0 spiro atoms. The van der Waals surface area contributed by atoms with E-state index < -0.39 is 5.60 Å². The van der Waals surface area contributed by atoms with Crippen LogP contribution in [0.3, 0.4) is 0 Å². The Bertz CT molecular complexity index is 532. The van der Waals surface area contributed by atoms with Gasteiger partial charge in [0.1, 0.15) is 5.60 Å². The summed E-state index contributed by atoms with van der Waals surface area (Å²) in [6.07, 6.45) is 0.717. The third kappa shape index (κ3) is 1.50. The van der Waals surface area contributed by atoms with Gasteiger partial charge < -0.3 is 5.11 Å². The molecule has 1 N–H and O–H groups in total. The van der Waals surface area contributed by atoms with E-state index in [1.165, 1.54) is 11.1 Å². The third-order valence-electron chi connectivity index (χ3n) is 3.97. The molecule has 0 bridgehead atoms. The van der Waals surface area contributed by atoms with Gasteiger partial charge in [0.25, 0.3) is 0 Å². The molecule has 0 aromatic heterocycles. The Morgan fingerprint density at radius 1 is 1.00 bits per heavy atom. The van der Waals surface area contributed by atoms with Crippen molar-refractivity contribution in [3.8, 4) is 0 Å². The molecule has 0 aliphatic heterocycles. The molecule has 0 unspecified atom stereocenters. The fourth-order valence-electron chi connectivity index (χ4n) is 2.90. The summed E-state index contributed by atoms with van der Waals surface area (Å²) >= 11 is 0. The molecule has 17 heavy (non-hydrogen) atoms. The molecule has 1 aliphatic carbocycles. The van der Waals surface area contributed by atoms with Crippen molar-refractivity contribution in [1.82, 2.24) is 0 Å². The highest BCUT2D eigenvalue weighted by Crippen LogP contribution is 2.46. The molecular formula is C16H16O. The van der Waals surface area contributed by atoms with E-state index >= 15 is 0 Å². The van der Waals surface area contributed by atoms with E-state index in [4.69, 9.17) is 0 Å². The number of hydrogen-bond donors (Lipinski definition) is 1. The Labute approximate surface area is 102 Å². The number of hydrogen-bond acceptors (Lipinski definition) is 1. The van der Waals surface area contributed by atoms with Gasteiger partial charge in [-0.2, -0.15) is 0 Å². The van der Waals surface area contributed by atoms with Crippen LogP contribution in [0.4, 0.5) is 0 Å². The second kappa shape index (κ2) is 3.71. The lowest BCUT2D eigenvalue weighted by molar-refractivity contribution is 0.0250. The molecule has 0 amide bonds. The first-order valence-corrected chi connectivity index (χ1v) is 6.07. The van der Waals surface area contributed by atoms with Crippen LogP contribution in [0.25, 0.3) is 0 Å². The van der Waals surface area contributed by atoms with Crippen molar-refractivity contribution in [2.75, 3.05) is 0 Å². The molecule has 0 heterocycles. The fourth-order valence-corrected chi connectivity index (χ4v) is 2.90. The smallest absolute Gasteiger partial charge is 0.100 e. The molecule has 2 atom stereocenters. The summed E-state index contributed by atoms with van der Waals surface area (Å²) < 4.78 is 0. The van der Waals surface area contributed by atoms with Crippen LogP contribution in [0.5, 0.6) is 0 Å². The second-order valence-electron chi connectivity index (χ2n) is 4.89. The molecule has 3 rings (SSSR count). The second-order valence-corrected chi connectivity index (χ2v) is 4.89. The molecule has 0 saturated heterocycles. The summed E-state index contributed by atoms with van der Waals surface area (Å²) in [5, 5.41) is 11.0. The van der Waals surface area contributed by atoms with Crippen LogP contribution in [0.1, 0.15) is 29.5 Å². The predicted octanol–water partition coefficient (Wildman–Crippen LogP) is 3.23. The first-order valence-electron chi connectivity index (χ1n) is 6.07. The van der Waals surface area contributed by atoms with E-state index in [0.29, 0.717) is 6.42 Å². The maximum Gasteiger partial charge on any atom is 0.100 e. The summed E-state index contributed by atoms with van der Waals surface area (Å²) in [5.74, 6) is 0.154. The average molecular weight is 224 g/mol. The lowest BCUT2D eigenvalue weighted by Crippen LogP contribution is -2.29. The van der Waals surface area contributed by atoms with Gasteiger partial charge in [0.2, 0.25) is 0 Å². The maximum absolute atomic E-state index is 11.0. The van der Waals surface area contributed by atoms with Crippen LogP contribution in [0.2, 0.25) is 0 Å². The van der Waals surface area contributed by atoms with Crippen LogP contribution in [0, 0.1) is 0 Å². The van der Waals surface area contributed by atoms with E-state index in [9.17, 15) is 5.11 Å². The van der Waals surface area contributed by atoms with E-state index in [0.717, 1.165) is 5.56 Å². The Morgan fingerprint density at radius 3 is 2.35 bits per heavy atom. The summed E-state index contributed by atoms with van der Waals surface area (Å²) in [6.45, 7) is 2.11. The lowest BCUT2D eigenvalue weighted by atomic mass is 9.83. The normalized spacial score (nSPS) is 26.8. The highest BCUT2D eigenvalue weighted by Gasteiger charge is 2.42. The van der Waals surface area contributed by atoms with E-state index in [-0.39, 0.29) is 5.92 Å². The molecule has 86 valence electrons. The van der Waals surface area contributed by atoms with Gasteiger partial charge in [0.05, 0.1) is 0 Å². The number of aliphatic hydroxyl groups is 1. The van der Waals surface area contributed by atoms with Crippen LogP contribution < -0.4 is 0 Å². The topological polar surface area (TPSA) is 20.2 Å². The minimum absolute atomic E-state index is 0.154. The highest BCUT2D eigenvalue weighted by molar-refractivity contribution is 5.43. The van der Waals surface area contributed by atoms with Crippen LogP contribution in [0.15, 0.2) is 54.6 Å². The SMILES string of the molecule is C[C@H]1c2ccccc2C[C@@]1(O)c1ccccc1. The molecule has 0 fully saturated rings. The molecule has 2 aromatic carbocycles. The lowest BCUT2D eigenvalue weighted by Gasteiger charge is -2.28. The van der Waals surface area contributed by atoms with Gasteiger partial charge >= 0.3 is 0 Å². The molecule has 1 aliphatic rings. The van der Waals surface area contributed by atoms with Crippen LogP contribution in [-0.2, 0) is 12.0 Å². The highest BCUT2D eigenvalue weighted by atomic mass is 16.3. The summed E-state index contributed by atoms with van der Waals surface area (Å²) in [5.41, 5.74) is 2.82.